The van der Waals surface area contributed by atoms with E-state index < -0.39 is 0 Å². The average Bonchev–Trinajstić information content (AvgIpc) is 2.82. The summed E-state index contributed by atoms with van der Waals surface area (Å²) in [4.78, 5) is 9.07. The molecule has 19 heavy (non-hydrogen) atoms. The van der Waals surface area contributed by atoms with E-state index in [1.807, 2.05) is 38.2 Å². The van der Waals surface area contributed by atoms with Crippen molar-refractivity contribution in [2.75, 3.05) is 6.61 Å². The van der Waals surface area contributed by atoms with Gasteiger partial charge in [-0.25, -0.2) is 9.97 Å². The number of hydrogen-bond donors (Lipinski definition) is 0. The van der Waals surface area contributed by atoms with E-state index in [9.17, 15) is 0 Å². The molecule has 0 fully saturated rings. The number of aromatic nitrogens is 2. The lowest BCUT2D eigenvalue weighted by molar-refractivity contribution is 0.339. The highest BCUT2D eigenvalue weighted by molar-refractivity contribution is 6.20. The lowest BCUT2D eigenvalue weighted by Gasteiger charge is -2.11. The van der Waals surface area contributed by atoms with Crippen molar-refractivity contribution in [2.24, 2.45) is 0 Å². The van der Waals surface area contributed by atoms with Crippen LogP contribution in [0.3, 0.4) is 0 Å². The summed E-state index contributed by atoms with van der Waals surface area (Å²) in [7, 11) is 0. The lowest BCUT2D eigenvalue weighted by atomic mass is 10.0. The van der Waals surface area contributed by atoms with Crippen molar-refractivity contribution in [1.29, 1.82) is 0 Å². The maximum atomic E-state index is 6.10. The number of para-hydroxylation sites is 1. The molecule has 1 aliphatic rings. The molecule has 4 heteroatoms. The number of aryl methyl sites for hydroxylation is 1. The first-order chi connectivity index (χ1) is 9.16. The van der Waals surface area contributed by atoms with Gasteiger partial charge < -0.3 is 4.74 Å². The van der Waals surface area contributed by atoms with Crippen LogP contribution in [0, 0.1) is 6.92 Å². The number of hydrogen-bond acceptors (Lipinski definition) is 3. The zero-order valence-corrected chi connectivity index (χ0v) is 11.7. The number of halogens is 1. The molecule has 2 aromatic rings. The van der Waals surface area contributed by atoms with Crippen LogP contribution in [0.4, 0.5) is 0 Å². The van der Waals surface area contributed by atoms with Gasteiger partial charge in [0.15, 0.2) is 0 Å². The summed E-state index contributed by atoms with van der Waals surface area (Å²) >= 11 is 6.10. The number of ether oxygens (including phenoxy) is 1. The zero-order valence-electron chi connectivity index (χ0n) is 10.9. The molecule has 98 valence electrons. The third-order valence-electron chi connectivity index (χ3n) is 3.48. The molecule has 3 rings (SSSR count). The molecule has 0 radical (unpaired) electrons. The second-order valence-electron chi connectivity index (χ2n) is 4.79. The first-order valence-electron chi connectivity index (χ1n) is 6.36. The normalized spacial score (nSPS) is 18.8. The fourth-order valence-corrected chi connectivity index (χ4v) is 2.64. The maximum Gasteiger partial charge on any atom is 0.139 e. The summed E-state index contributed by atoms with van der Waals surface area (Å²) in [6, 6.07) is 8.05. The molecule has 0 saturated carbocycles. The summed E-state index contributed by atoms with van der Waals surface area (Å²) in [6.07, 6.45) is 1.83. The predicted octanol–water partition coefficient (Wildman–Crippen LogP) is 3.61. The van der Waals surface area contributed by atoms with Gasteiger partial charge in [0.25, 0.3) is 0 Å². The van der Waals surface area contributed by atoms with Crippen LogP contribution in [-0.2, 0) is 0 Å². The van der Waals surface area contributed by atoms with E-state index in [0.29, 0.717) is 6.61 Å². The molecule has 0 bridgehead atoms. The predicted molar refractivity (Wildman–Crippen MR) is 74.8 cm³/mol. The number of fused-ring (bicyclic) bond motifs is 1. The molecule has 1 aromatic carbocycles. The van der Waals surface area contributed by atoms with Gasteiger partial charge >= 0.3 is 0 Å². The van der Waals surface area contributed by atoms with Crippen molar-refractivity contribution in [3.05, 3.63) is 53.1 Å². The van der Waals surface area contributed by atoms with E-state index in [0.717, 1.165) is 28.4 Å². The molecular formula is C15H15ClN2O. The molecule has 0 aliphatic carbocycles. The molecule has 0 amide bonds. The van der Waals surface area contributed by atoms with Gasteiger partial charge in [0.1, 0.15) is 18.2 Å². The van der Waals surface area contributed by atoms with E-state index >= 15 is 0 Å². The van der Waals surface area contributed by atoms with Gasteiger partial charge in [-0.15, -0.1) is 11.6 Å². The van der Waals surface area contributed by atoms with Crippen molar-refractivity contribution in [3.63, 3.8) is 0 Å². The number of benzene rings is 1. The van der Waals surface area contributed by atoms with Gasteiger partial charge in [-0.1, -0.05) is 18.2 Å². The highest BCUT2D eigenvalue weighted by Crippen LogP contribution is 2.36. The minimum absolute atomic E-state index is 0.0684. The van der Waals surface area contributed by atoms with E-state index in [1.54, 1.807) is 0 Å². The van der Waals surface area contributed by atoms with Gasteiger partial charge in [0.2, 0.25) is 0 Å². The number of nitrogens with zero attached hydrogens (tertiary/aromatic N) is 2. The smallest absolute Gasteiger partial charge is 0.139 e. The standard InChI is InChI=1S/C15H15ClN2O/c1-9(16)12-7-17-15(18-10(12)2)13-8-19-14-6-4-3-5-11(13)14/h3-7,9,13H,8H2,1-2H3. The Balaban J connectivity index is 1.99. The molecule has 0 saturated heterocycles. The molecular weight excluding hydrogens is 260 g/mol. The second kappa shape index (κ2) is 4.82. The zero-order chi connectivity index (χ0) is 13.4. The Morgan fingerprint density at radius 2 is 2.16 bits per heavy atom. The molecule has 1 aromatic heterocycles. The first kappa shape index (κ1) is 12.4. The Kier molecular flexibility index (Phi) is 3.15. The van der Waals surface area contributed by atoms with Gasteiger partial charge in [0, 0.05) is 23.0 Å². The van der Waals surface area contributed by atoms with Gasteiger partial charge in [-0.3, -0.25) is 0 Å². The molecule has 2 heterocycles. The largest absolute Gasteiger partial charge is 0.492 e. The molecule has 2 atom stereocenters. The molecule has 1 aliphatic heterocycles. The molecule has 0 N–H and O–H groups in total. The van der Waals surface area contributed by atoms with Crippen LogP contribution in [0.1, 0.15) is 40.9 Å². The topological polar surface area (TPSA) is 35.0 Å². The van der Waals surface area contributed by atoms with Crippen LogP contribution in [0.25, 0.3) is 0 Å². The minimum Gasteiger partial charge on any atom is -0.492 e. The molecule has 0 spiro atoms. The molecule has 3 nitrogen and oxygen atoms in total. The van der Waals surface area contributed by atoms with Crippen molar-refractivity contribution < 1.29 is 4.74 Å². The highest BCUT2D eigenvalue weighted by atomic mass is 35.5. The van der Waals surface area contributed by atoms with Gasteiger partial charge in [-0.2, -0.15) is 0 Å². The van der Waals surface area contributed by atoms with Crippen LogP contribution in [0.5, 0.6) is 5.75 Å². The maximum absolute atomic E-state index is 6.10. The number of rotatable bonds is 2. The fourth-order valence-electron chi connectivity index (χ4n) is 2.43. The Labute approximate surface area is 117 Å². The summed E-state index contributed by atoms with van der Waals surface area (Å²) < 4.78 is 5.68. The fraction of sp³-hybridized carbons (Fsp3) is 0.333. The van der Waals surface area contributed by atoms with Crippen LogP contribution in [0.15, 0.2) is 30.5 Å². The average molecular weight is 275 g/mol. The van der Waals surface area contributed by atoms with Crippen molar-refractivity contribution in [1.82, 2.24) is 9.97 Å². The summed E-state index contributed by atoms with van der Waals surface area (Å²) in [5, 5.41) is -0.0684. The van der Waals surface area contributed by atoms with Gasteiger partial charge in [-0.05, 0) is 19.9 Å². The summed E-state index contributed by atoms with van der Waals surface area (Å²) in [5.41, 5.74) is 3.09. The Hall–Kier alpha value is -1.61. The van der Waals surface area contributed by atoms with E-state index in [1.165, 1.54) is 0 Å². The highest BCUT2D eigenvalue weighted by Gasteiger charge is 2.27. The van der Waals surface area contributed by atoms with Crippen molar-refractivity contribution in [2.45, 2.75) is 25.1 Å². The molecule has 2 unspecified atom stereocenters. The minimum atomic E-state index is -0.0684. The monoisotopic (exact) mass is 274 g/mol. The van der Waals surface area contributed by atoms with Gasteiger partial charge in [0.05, 0.1) is 11.3 Å². The van der Waals surface area contributed by atoms with Crippen molar-refractivity contribution in [3.8, 4) is 5.75 Å². The van der Waals surface area contributed by atoms with Crippen LogP contribution < -0.4 is 4.74 Å². The third kappa shape index (κ3) is 2.19. The second-order valence-corrected chi connectivity index (χ2v) is 5.44. The third-order valence-corrected chi connectivity index (χ3v) is 3.71. The van der Waals surface area contributed by atoms with E-state index in [-0.39, 0.29) is 11.3 Å². The number of alkyl halides is 1. The van der Waals surface area contributed by atoms with Crippen LogP contribution in [-0.4, -0.2) is 16.6 Å². The van der Waals surface area contributed by atoms with Crippen LogP contribution in [0.2, 0.25) is 0 Å². The quantitative estimate of drug-likeness (QED) is 0.785. The Bertz CT molecular complexity index is 613. The first-order valence-corrected chi connectivity index (χ1v) is 6.79. The SMILES string of the molecule is Cc1nc(C2COc3ccccc32)ncc1C(C)Cl. The van der Waals surface area contributed by atoms with Crippen molar-refractivity contribution >= 4 is 11.6 Å². The summed E-state index contributed by atoms with van der Waals surface area (Å²) in [5.74, 6) is 1.86. The van der Waals surface area contributed by atoms with E-state index in [4.69, 9.17) is 16.3 Å². The summed E-state index contributed by atoms with van der Waals surface area (Å²) in [6.45, 7) is 4.51. The Morgan fingerprint density at radius 1 is 1.37 bits per heavy atom. The van der Waals surface area contributed by atoms with E-state index in [2.05, 4.69) is 16.0 Å². The Morgan fingerprint density at radius 3 is 2.89 bits per heavy atom. The lowest BCUT2D eigenvalue weighted by Crippen LogP contribution is -2.10. The van der Waals surface area contributed by atoms with Crippen LogP contribution >= 0.6 is 11.6 Å².